The van der Waals surface area contributed by atoms with E-state index in [0.717, 1.165) is 5.56 Å². The van der Waals surface area contributed by atoms with Gasteiger partial charge in [-0.25, -0.2) is 4.79 Å². The fourth-order valence-corrected chi connectivity index (χ4v) is 1.88. The van der Waals surface area contributed by atoms with E-state index in [1.807, 2.05) is 0 Å². The lowest BCUT2D eigenvalue weighted by molar-refractivity contribution is -0.145. The predicted molar refractivity (Wildman–Crippen MR) is 78.8 cm³/mol. The first kappa shape index (κ1) is 17.0. The zero-order valence-corrected chi connectivity index (χ0v) is 12.5. The van der Waals surface area contributed by atoms with E-state index in [4.69, 9.17) is 5.73 Å². The Hall–Kier alpha value is -2.08. The van der Waals surface area contributed by atoms with Crippen molar-refractivity contribution in [2.75, 3.05) is 0 Å². The number of nitrogens with one attached hydrogen (secondary N) is 1. The van der Waals surface area contributed by atoms with Crippen LogP contribution in [0.25, 0.3) is 0 Å². The van der Waals surface area contributed by atoms with Gasteiger partial charge in [0.1, 0.15) is 11.8 Å². The summed E-state index contributed by atoms with van der Waals surface area (Å²) in [7, 11) is 0. The van der Waals surface area contributed by atoms with Gasteiger partial charge in [0, 0.05) is 0 Å². The maximum absolute atomic E-state index is 12.0. The van der Waals surface area contributed by atoms with Crippen molar-refractivity contribution < 1.29 is 19.8 Å². The summed E-state index contributed by atoms with van der Waals surface area (Å²) in [5, 5.41) is 20.8. The number of carbonyl (C=O) groups excluding carboxylic acids is 1. The minimum Gasteiger partial charge on any atom is -0.508 e. The Bertz CT molecular complexity index is 505. The maximum Gasteiger partial charge on any atom is 0.326 e. The number of hydrogen-bond acceptors (Lipinski definition) is 4. The average molecular weight is 294 g/mol. The minimum atomic E-state index is -1.09. The van der Waals surface area contributed by atoms with E-state index in [9.17, 15) is 19.8 Å². The number of benzene rings is 1. The Kier molecular flexibility index (Phi) is 5.32. The van der Waals surface area contributed by atoms with Gasteiger partial charge < -0.3 is 21.3 Å². The maximum atomic E-state index is 12.0. The van der Waals surface area contributed by atoms with Crippen molar-refractivity contribution in [1.29, 1.82) is 0 Å². The van der Waals surface area contributed by atoms with Gasteiger partial charge in [-0.15, -0.1) is 0 Å². The van der Waals surface area contributed by atoms with Crippen molar-refractivity contribution in [3.8, 4) is 5.75 Å². The predicted octanol–water partition coefficient (Wildman–Crippen LogP) is 0.877. The molecule has 1 rings (SSSR count). The molecule has 0 heterocycles. The van der Waals surface area contributed by atoms with Crippen LogP contribution in [0.2, 0.25) is 0 Å². The van der Waals surface area contributed by atoms with Gasteiger partial charge in [-0.3, -0.25) is 4.79 Å². The molecule has 6 nitrogen and oxygen atoms in total. The highest BCUT2D eigenvalue weighted by atomic mass is 16.4. The molecule has 0 radical (unpaired) electrons. The van der Waals surface area contributed by atoms with Crippen molar-refractivity contribution >= 4 is 11.9 Å². The molecule has 2 atom stereocenters. The van der Waals surface area contributed by atoms with Crippen LogP contribution < -0.4 is 11.1 Å². The van der Waals surface area contributed by atoms with E-state index in [2.05, 4.69) is 5.32 Å². The second-order valence-corrected chi connectivity index (χ2v) is 6.12. The van der Waals surface area contributed by atoms with Crippen LogP contribution in [0.4, 0.5) is 0 Å². The molecule has 21 heavy (non-hydrogen) atoms. The highest BCUT2D eigenvalue weighted by Crippen LogP contribution is 2.19. The molecule has 0 saturated heterocycles. The molecule has 0 aliphatic rings. The molecular formula is C15H22N2O4. The lowest BCUT2D eigenvalue weighted by atomic mass is 9.86. The molecule has 1 aromatic carbocycles. The third-order valence-electron chi connectivity index (χ3n) is 3.13. The van der Waals surface area contributed by atoms with Gasteiger partial charge in [0.05, 0.1) is 6.04 Å². The van der Waals surface area contributed by atoms with Crippen LogP contribution in [0.15, 0.2) is 24.3 Å². The first-order chi connectivity index (χ1) is 9.61. The van der Waals surface area contributed by atoms with Crippen LogP contribution in [0.5, 0.6) is 5.75 Å². The molecule has 0 fully saturated rings. The molecule has 0 aromatic heterocycles. The van der Waals surface area contributed by atoms with Gasteiger partial charge in [-0.1, -0.05) is 32.9 Å². The molecule has 0 spiro atoms. The van der Waals surface area contributed by atoms with E-state index in [1.165, 1.54) is 12.1 Å². The summed E-state index contributed by atoms with van der Waals surface area (Å²) < 4.78 is 0. The first-order valence-corrected chi connectivity index (χ1v) is 6.68. The average Bonchev–Trinajstić information content (AvgIpc) is 2.36. The first-order valence-electron chi connectivity index (χ1n) is 6.68. The van der Waals surface area contributed by atoms with Crippen LogP contribution in [0, 0.1) is 5.41 Å². The molecule has 0 aliphatic heterocycles. The number of phenolic OH excluding ortho intramolecular Hbond substituents is 1. The summed E-state index contributed by atoms with van der Waals surface area (Å²) >= 11 is 0. The molecule has 1 amide bonds. The zero-order valence-electron chi connectivity index (χ0n) is 12.5. The van der Waals surface area contributed by atoms with E-state index in [1.54, 1.807) is 32.9 Å². The highest BCUT2D eigenvalue weighted by molar-refractivity contribution is 5.87. The molecule has 6 heteroatoms. The number of amides is 1. The van der Waals surface area contributed by atoms with Gasteiger partial charge >= 0.3 is 5.97 Å². The SMILES string of the molecule is CC(C)(C)[C@H](NC(=O)[C@H](N)Cc1ccc(O)cc1)C(=O)O. The molecular weight excluding hydrogens is 272 g/mol. The van der Waals surface area contributed by atoms with E-state index in [0.29, 0.717) is 0 Å². The monoisotopic (exact) mass is 294 g/mol. The largest absolute Gasteiger partial charge is 0.508 e. The van der Waals surface area contributed by atoms with Crippen LogP contribution in [-0.4, -0.2) is 34.2 Å². The lowest BCUT2D eigenvalue weighted by Crippen LogP contribution is -2.54. The normalized spacial score (nSPS) is 14.3. The number of nitrogens with two attached hydrogens (primary N) is 1. The third-order valence-corrected chi connectivity index (χ3v) is 3.13. The quantitative estimate of drug-likeness (QED) is 0.644. The topological polar surface area (TPSA) is 113 Å². The number of aliphatic carboxylic acids is 1. The van der Waals surface area contributed by atoms with E-state index in [-0.39, 0.29) is 12.2 Å². The Labute approximate surface area is 124 Å². The molecule has 116 valence electrons. The Morgan fingerprint density at radius 1 is 1.24 bits per heavy atom. The molecule has 1 aromatic rings. The van der Waals surface area contributed by atoms with Gasteiger partial charge in [-0.2, -0.15) is 0 Å². The summed E-state index contributed by atoms with van der Waals surface area (Å²) in [6.45, 7) is 5.20. The van der Waals surface area contributed by atoms with Crippen molar-refractivity contribution in [1.82, 2.24) is 5.32 Å². The van der Waals surface area contributed by atoms with Gasteiger partial charge in [0.15, 0.2) is 0 Å². The highest BCUT2D eigenvalue weighted by Gasteiger charge is 2.33. The molecule has 0 aliphatic carbocycles. The van der Waals surface area contributed by atoms with Crippen LogP contribution >= 0.6 is 0 Å². The lowest BCUT2D eigenvalue weighted by Gasteiger charge is -2.28. The molecule has 0 saturated carbocycles. The van der Waals surface area contributed by atoms with Crippen molar-refractivity contribution in [3.63, 3.8) is 0 Å². The second kappa shape index (κ2) is 6.58. The van der Waals surface area contributed by atoms with Crippen molar-refractivity contribution in [2.24, 2.45) is 11.1 Å². The summed E-state index contributed by atoms with van der Waals surface area (Å²) in [4.78, 5) is 23.2. The van der Waals surface area contributed by atoms with Crippen LogP contribution in [0.1, 0.15) is 26.3 Å². The minimum absolute atomic E-state index is 0.135. The molecule has 5 N–H and O–H groups in total. The van der Waals surface area contributed by atoms with Gasteiger partial charge in [-0.05, 0) is 29.5 Å². The third kappa shape index (κ3) is 5.07. The summed E-state index contributed by atoms with van der Waals surface area (Å²) in [5.41, 5.74) is 5.99. The fourth-order valence-electron chi connectivity index (χ4n) is 1.88. The molecule has 0 unspecified atom stereocenters. The standard InChI is InChI=1S/C15H22N2O4/c1-15(2,3)12(14(20)21)17-13(19)11(16)8-9-4-6-10(18)7-5-9/h4-7,11-12,18H,8,16H2,1-3H3,(H,17,19)(H,20,21)/t11-,12-/m1/s1. The summed E-state index contributed by atoms with van der Waals surface area (Å²) in [6, 6.07) is 4.50. The Balaban J connectivity index is 2.69. The van der Waals surface area contributed by atoms with Gasteiger partial charge in [0.25, 0.3) is 0 Å². The number of aromatic hydroxyl groups is 1. The summed E-state index contributed by atoms with van der Waals surface area (Å²) in [6.07, 6.45) is 0.266. The van der Waals surface area contributed by atoms with Crippen molar-refractivity contribution in [2.45, 2.75) is 39.3 Å². The van der Waals surface area contributed by atoms with Crippen molar-refractivity contribution in [3.05, 3.63) is 29.8 Å². The van der Waals surface area contributed by atoms with E-state index < -0.39 is 29.4 Å². The Morgan fingerprint density at radius 3 is 2.19 bits per heavy atom. The Morgan fingerprint density at radius 2 is 1.76 bits per heavy atom. The smallest absolute Gasteiger partial charge is 0.326 e. The summed E-state index contributed by atoms with van der Waals surface area (Å²) in [5.74, 6) is -1.46. The number of carbonyl (C=O) groups is 2. The molecule has 0 bridgehead atoms. The fraction of sp³-hybridized carbons (Fsp3) is 0.467. The zero-order chi connectivity index (χ0) is 16.2. The second-order valence-electron chi connectivity index (χ2n) is 6.12. The van der Waals surface area contributed by atoms with Gasteiger partial charge in [0.2, 0.25) is 5.91 Å². The number of phenols is 1. The van der Waals surface area contributed by atoms with E-state index >= 15 is 0 Å². The van der Waals surface area contributed by atoms with Crippen LogP contribution in [-0.2, 0) is 16.0 Å². The number of hydrogen-bond donors (Lipinski definition) is 4. The number of carboxylic acids is 1. The van der Waals surface area contributed by atoms with Crippen LogP contribution in [0.3, 0.4) is 0 Å². The number of rotatable bonds is 5. The number of carboxylic acid groups (broad SMARTS) is 1.